The number of carbonyl (C=O) groups is 1. The molecule has 6 heteroatoms. The van der Waals surface area contributed by atoms with E-state index in [0.29, 0.717) is 17.8 Å². The molecule has 2 N–H and O–H groups in total. The summed E-state index contributed by atoms with van der Waals surface area (Å²) in [5.74, 6) is 0.124. The summed E-state index contributed by atoms with van der Waals surface area (Å²) in [4.78, 5) is 12.8. The Morgan fingerprint density at radius 2 is 2.00 bits per heavy atom. The zero-order chi connectivity index (χ0) is 20.1. The number of benzene rings is 1. The second-order valence-corrected chi connectivity index (χ2v) is 6.41. The van der Waals surface area contributed by atoms with Gasteiger partial charge in [0.15, 0.2) is 0 Å². The van der Waals surface area contributed by atoms with Crippen LogP contribution in [0.2, 0.25) is 0 Å². The van der Waals surface area contributed by atoms with Gasteiger partial charge < -0.3 is 19.9 Å². The maximum atomic E-state index is 12.8. The lowest BCUT2D eigenvalue weighted by Gasteiger charge is -2.29. The van der Waals surface area contributed by atoms with Crippen LogP contribution in [0.25, 0.3) is 0 Å². The number of allylic oxidation sites excluding steroid dienone is 2. The maximum absolute atomic E-state index is 12.8. The topological polar surface area (TPSA) is 94.6 Å². The number of methoxy groups -OCH3 is 1. The predicted molar refractivity (Wildman–Crippen MR) is 102 cm³/mol. The fourth-order valence-corrected chi connectivity index (χ4v) is 3.32. The highest BCUT2D eigenvalue weighted by molar-refractivity contribution is 5.92. The van der Waals surface area contributed by atoms with Crippen LogP contribution in [0, 0.1) is 25.2 Å². The third-order valence-corrected chi connectivity index (χ3v) is 4.56. The van der Waals surface area contributed by atoms with E-state index in [2.05, 4.69) is 6.07 Å². The zero-order valence-electron chi connectivity index (χ0n) is 16.5. The van der Waals surface area contributed by atoms with E-state index in [1.807, 2.05) is 32.9 Å². The Morgan fingerprint density at radius 1 is 1.30 bits per heavy atom. The van der Waals surface area contributed by atoms with Crippen LogP contribution in [0.15, 0.2) is 34.9 Å². The summed E-state index contributed by atoms with van der Waals surface area (Å²) in [6.07, 6.45) is 1.29. The van der Waals surface area contributed by atoms with Gasteiger partial charge in [-0.2, -0.15) is 5.26 Å². The molecule has 1 aliphatic heterocycles. The molecule has 0 amide bonds. The maximum Gasteiger partial charge on any atom is 0.338 e. The van der Waals surface area contributed by atoms with Gasteiger partial charge in [0.1, 0.15) is 23.2 Å². The highest BCUT2D eigenvalue weighted by Gasteiger charge is 2.38. The van der Waals surface area contributed by atoms with Crippen molar-refractivity contribution in [2.45, 2.75) is 46.5 Å². The first-order valence-electron chi connectivity index (χ1n) is 9.02. The van der Waals surface area contributed by atoms with Gasteiger partial charge in [0, 0.05) is 6.42 Å². The molecule has 6 nitrogen and oxygen atoms in total. The first-order valence-corrected chi connectivity index (χ1v) is 9.02. The SMILES string of the molecule is CCCC1=C(C(=O)OCC)[C@H](c2cc(C)c(OC)cc2C)C(C#N)=C(N)O1. The van der Waals surface area contributed by atoms with Crippen LogP contribution in [0.4, 0.5) is 0 Å². The largest absolute Gasteiger partial charge is 0.496 e. The number of nitrogens with two attached hydrogens (primary N) is 1. The van der Waals surface area contributed by atoms with Crippen LogP contribution in [0.1, 0.15) is 49.3 Å². The molecule has 1 heterocycles. The molecule has 144 valence electrons. The molecule has 0 bridgehead atoms. The average Bonchev–Trinajstić information content (AvgIpc) is 2.63. The fraction of sp³-hybridized carbons (Fsp3) is 0.429. The highest BCUT2D eigenvalue weighted by Crippen LogP contribution is 2.43. The van der Waals surface area contributed by atoms with Crippen molar-refractivity contribution in [2.24, 2.45) is 5.73 Å². The number of rotatable bonds is 6. The molecule has 0 aliphatic carbocycles. The van der Waals surface area contributed by atoms with Crippen molar-refractivity contribution in [1.82, 2.24) is 0 Å². The second-order valence-electron chi connectivity index (χ2n) is 6.41. The van der Waals surface area contributed by atoms with Crippen LogP contribution in [0.3, 0.4) is 0 Å². The number of nitrogens with zero attached hydrogens (tertiary/aromatic N) is 1. The summed E-state index contributed by atoms with van der Waals surface area (Å²) >= 11 is 0. The Balaban J connectivity index is 2.76. The Hall–Kier alpha value is -2.94. The summed E-state index contributed by atoms with van der Waals surface area (Å²) < 4.78 is 16.3. The summed E-state index contributed by atoms with van der Waals surface area (Å²) in [6.45, 7) is 7.79. The molecule has 1 atom stereocenters. The third kappa shape index (κ3) is 3.92. The summed E-state index contributed by atoms with van der Waals surface area (Å²) in [5, 5.41) is 9.73. The Bertz CT molecular complexity index is 846. The van der Waals surface area contributed by atoms with Crippen LogP contribution >= 0.6 is 0 Å². The molecule has 1 aromatic rings. The second kappa shape index (κ2) is 8.63. The minimum absolute atomic E-state index is 0.0341. The molecule has 0 saturated heterocycles. The van der Waals surface area contributed by atoms with E-state index in [1.54, 1.807) is 14.0 Å². The number of nitriles is 1. The summed E-state index contributed by atoms with van der Waals surface area (Å²) in [5.41, 5.74) is 9.21. The first kappa shape index (κ1) is 20.4. The Labute approximate surface area is 160 Å². The minimum atomic E-state index is -0.631. The van der Waals surface area contributed by atoms with Crippen molar-refractivity contribution in [3.63, 3.8) is 0 Å². The monoisotopic (exact) mass is 370 g/mol. The molecule has 0 radical (unpaired) electrons. The third-order valence-electron chi connectivity index (χ3n) is 4.56. The molecular weight excluding hydrogens is 344 g/mol. The van der Waals surface area contributed by atoms with Gasteiger partial charge in [-0.3, -0.25) is 0 Å². The van der Waals surface area contributed by atoms with Gasteiger partial charge >= 0.3 is 5.97 Å². The Kier molecular flexibility index (Phi) is 6.51. The van der Waals surface area contributed by atoms with Crippen molar-refractivity contribution in [3.05, 3.63) is 51.6 Å². The van der Waals surface area contributed by atoms with Gasteiger partial charge in [-0.05, 0) is 49.9 Å². The smallest absolute Gasteiger partial charge is 0.338 e. The van der Waals surface area contributed by atoms with Gasteiger partial charge in [0.2, 0.25) is 5.88 Å². The molecule has 0 spiro atoms. The number of esters is 1. The van der Waals surface area contributed by atoms with Crippen LogP contribution in [0.5, 0.6) is 5.75 Å². The van der Waals surface area contributed by atoms with Gasteiger partial charge in [-0.1, -0.05) is 13.0 Å². The van der Waals surface area contributed by atoms with Gasteiger partial charge in [0.05, 0.1) is 25.2 Å². The molecule has 0 unspecified atom stereocenters. The molecular formula is C21H26N2O4. The highest BCUT2D eigenvalue weighted by atomic mass is 16.5. The lowest BCUT2D eigenvalue weighted by molar-refractivity contribution is -0.139. The Morgan fingerprint density at radius 3 is 2.56 bits per heavy atom. The standard InChI is InChI=1S/C21H26N2O4/c1-6-8-16-19(21(24)26-7-2)18(15(11-22)20(23)27-16)14-9-13(4)17(25-5)10-12(14)3/h9-10,18H,6-8,23H2,1-5H3/t18-/m1/s1. The van der Waals surface area contributed by atoms with E-state index in [-0.39, 0.29) is 18.1 Å². The number of aryl methyl sites for hydroxylation is 2. The zero-order valence-corrected chi connectivity index (χ0v) is 16.5. The van der Waals surface area contributed by atoms with Crippen LogP contribution < -0.4 is 10.5 Å². The molecule has 0 saturated carbocycles. The van der Waals surface area contributed by atoms with E-state index in [1.165, 1.54) is 0 Å². The first-order chi connectivity index (χ1) is 12.9. The average molecular weight is 370 g/mol. The van der Waals surface area contributed by atoms with Crippen molar-refractivity contribution in [3.8, 4) is 11.8 Å². The number of carbonyl (C=O) groups excluding carboxylic acids is 1. The van der Waals surface area contributed by atoms with E-state index < -0.39 is 11.9 Å². The molecule has 0 fully saturated rings. The van der Waals surface area contributed by atoms with Gasteiger partial charge in [0.25, 0.3) is 0 Å². The van der Waals surface area contributed by atoms with Crippen LogP contribution in [-0.2, 0) is 14.3 Å². The van der Waals surface area contributed by atoms with E-state index >= 15 is 0 Å². The summed E-state index contributed by atoms with van der Waals surface area (Å²) in [6, 6.07) is 5.95. The van der Waals surface area contributed by atoms with Gasteiger partial charge in [-0.25, -0.2) is 4.79 Å². The van der Waals surface area contributed by atoms with Crippen LogP contribution in [-0.4, -0.2) is 19.7 Å². The summed E-state index contributed by atoms with van der Waals surface area (Å²) in [7, 11) is 1.61. The fourth-order valence-electron chi connectivity index (χ4n) is 3.32. The lowest BCUT2D eigenvalue weighted by atomic mass is 9.80. The molecule has 2 rings (SSSR count). The normalized spacial score (nSPS) is 16.7. The van der Waals surface area contributed by atoms with E-state index in [4.69, 9.17) is 19.9 Å². The minimum Gasteiger partial charge on any atom is -0.496 e. The molecule has 0 aromatic heterocycles. The molecule has 1 aromatic carbocycles. The van der Waals surface area contributed by atoms with Crippen molar-refractivity contribution < 1.29 is 19.0 Å². The van der Waals surface area contributed by atoms with E-state index in [9.17, 15) is 10.1 Å². The van der Waals surface area contributed by atoms with Crippen molar-refractivity contribution >= 4 is 5.97 Å². The van der Waals surface area contributed by atoms with E-state index in [0.717, 1.165) is 28.9 Å². The predicted octanol–water partition coefficient (Wildman–Crippen LogP) is 3.74. The van der Waals surface area contributed by atoms with Gasteiger partial charge in [-0.15, -0.1) is 0 Å². The lowest BCUT2D eigenvalue weighted by Crippen LogP contribution is -2.26. The number of hydrogen-bond donors (Lipinski definition) is 1. The molecule has 1 aliphatic rings. The number of hydrogen-bond acceptors (Lipinski definition) is 6. The van der Waals surface area contributed by atoms with Crippen molar-refractivity contribution in [2.75, 3.05) is 13.7 Å². The van der Waals surface area contributed by atoms with Crippen molar-refractivity contribution in [1.29, 1.82) is 5.26 Å². The molecule has 27 heavy (non-hydrogen) atoms. The number of ether oxygens (including phenoxy) is 3. The quantitative estimate of drug-likeness (QED) is 0.767.